The predicted molar refractivity (Wildman–Crippen MR) is 113 cm³/mol. The van der Waals surface area contributed by atoms with Gasteiger partial charge in [0.05, 0.1) is 11.6 Å². The second-order valence-corrected chi connectivity index (χ2v) is 8.40. The summed E-state index contributed by atoms with van der Waals surface area (Å²) < 4.78 is 38.3. The molecule has 2 amide bonds. The number of amides is 2. The zero-order chi connectivity index (χ0) is 22.6. The summed E-state index contributed by atoms with van der Waals surface area (Å²) in [7, 11) is 0. The lowest BCUT2D eigenvalue weighted by Gasteiger charge is -2.42. The van der Waals surface area contributed by atoms with E-state index in [1.54, 1.807) is 4.90 Å². The third-order valence-corrected chi connectivity index (χ3v) is 6.63. The lowest BCUT2D eigenvalue weighted by Crippen LogP contribution is -2.58. The minimum Gasteiger partial charge on any atom is -0.342 e. The highest BCUT2D eigenvalue weighted by molar-refractivity contribution is 5.94. The molecule has 8 heteroatoms. The quantitative estimate of drug-likeness (QED) is 0.676. The molecule has 172 valence electrons. The molecule has 1 aromatic rings. The first-order valence-corrected chi connectivity index (χ1v) is 11.3. The van der Waals surface area contributed by atoms with E-state index in [0.29, 0.717) is 45.2 Å². The molecule has 5 nitrogen and oxygen atoms in total. The molecular formula is C23H32F3N3O2. The van der Waals surface area contributed by atoms with Gasteiger partial charge in [-0.3, -0.25) is 14.5 Å². The minimum atomic E-state index is -4.42. The van der Waals surface area contributed by atoms with Crippen LogP contribution in [-0.2, 0) is 11.0 Å². The molecule has 2 aliphatic rings. The number of likely N-dealkylation sites (N-methyl/N-ethyl adjacent to an activating group) is 1. The molecular weight excluding hydrogens is 407 g/mol. The number of piperazine rings is 1. The molecule has 1 aromatic carbocycles. The molecule has 1 aliphatic heterocycles. The second-order valence-electron chi connectivity index (χ2n) is 8.40. The summed E-state index contributed by atoms with van der Waals surface area (Å²) in [6.07, 6.45) is 0.00272. The molecule has 1 heterocycles. The summed E-state index contributed by atoms with van der Waals surface area (Å²) in [6.45, 7) is 7.49. The molecule has 31 heavy (non-hydrogen) atoms. The topological polar surface area (TPSA) is 43.9 Å². The number of hydrogen-bond donors (Lipinski definition) is 0. The van der Waals surface area contributed by atoms with Crippen molar-refractivity contribution in [3.8, 4) is 0 Å². The van der Waals surface area contributed by atoms with Crippen LogP contribution in [0.2, 0.25) is 0 Å². The second kappa shape index (κ2) is 10.0. The average Bonchev–Trinajstić information content (AvgIpc) is 3.28. The lowest BCUT2D eigenvalue weighted by molar-refractivity contribution is -0.139. The summed E-state index contributed by atoms with van der Waals surface area (Å²) in [4.78, 5) is 31.8. The SMILES string of the molecule is CCN(CC)C(=O)[C@@H](C1CCCC1)N1CCN(C(=O)c2ccc(C(F)(F)F)cc2)CC1. The standard InChI is InChI=1S/C23H32F3N3O2/c1-3-27(4-2)22(31)20(17-7-5-6-8-17)28-13-15-29(16-14-28)21(30)18-9-11-19(12-10-18)23(24,25)26/h9-12,17,20H,3-8,13-16H2,1-2H3/t20-/m1/s1. The van der Waals surface area contributed by atoms with Crippen LogP contribution in [0, 0.1) is 5.92 Å². The molecule has 0 spiro atoms. The highest BCUT2D eigenvalue weighted by Crippen LogP contribution is 2.32. The van der Waals surface area contributed by atoms with Gasteiger partial charge in [0.2, 0.25) is 5.91 Å². The summed E-state index contributed by atoms with van der Waals surface area (Å²) in [6, 6.07) is 4.22. The number of alkyl halides is 3. The Balaban J connectivity index is 1.66. The number of halogens is 3. The van der Waals surface area contributed by atoms with E-state index < -0.39 is 11.7 Å². The monoisotopic (exact) mass is 439 g/mol. The maximum Gasteiger partial charge on any atom is 0.416 e. The van der Waals surface area contributed by atoms with Gasteiger partial charge in [0.1, 0.15) is 0 Å². The van der Waals surface area contributed by atoms with Gasteiger partial charge in [0, 0.05) is 44.8 Å². The van der Waals surface area contributed by atoms with Crippen molar-refractivity contribution in [2.24, 2.45) is 5.92 Å². The summed E-state index contributed by atoms with van der Waals surface area (Å²) in [5.74, 6) is 0.269. The fraction of sp³-hybridized carbons (Fsp3) is 0.652. The van der Waals surface area contributed by atoms with Crippen molar-refractivity contribution < 1.29 is 22.8 Å². The van der Waals surface area contributed by atoms with Gasteiger partial charge in [-0.15, -0.1) is 0 Å². The van der Waals surface area contributed by atoms with Gasteiger partial charge in [-0.05, 0) is 56.9 Å². The van der Waals surface area contributed by atoms with E-state index in [2.05, 4.69) is 4.90 Å². The fourth-order valence-electron chi connectivity index (χ4n) is 4.84. The molecule has 2 fully saturated rings. The number of rotatable bonds is 6. The van der Waals surface area contributed by atoms with E-state index in [1.807, 2.05) is 18.7 Å². The molecule has 3 rings (SSSR count). The summed E-state index contributed by atoms with van der Waals surface area (Å²) in [5, 5.41) is 0. The maximum absolute atomic E-state index is 13.3. The predicted octanol–water partition coefficient (Wildman–Crippen LogP) is 3.89. The van der Waals surface area contributed by atoms with Crippen LogP contribution in [0.1, 0.15) is 55.5 Å². The zero-order valence-corrected chi connectivity index (χ0v) is 18.3. The number of benzene rings is 1. The van der Waals surface area contributed by atoms with Crippen LogP contribution in [0.25, 0.3) is 0 Å². The van der Waals surface area contributed by atoms with Crippen LogP contribution < -0.4 is 0 Å². The van der Waals surface area contributed by atoms with E-state index in [9.17, 15) is 22.8 Å². The molecule has 1 saturated carbocycles. The average molecular weight is 440 g/mol. The van der Waals surface area contributed by atoms with Crippen molar-refractivity contribution in [2.75, 3.05) is 39.3 Å². The van der Waals surface area contributed by atoms with Crippen LogP contribution in [0.5, 0.6) is 0 Å². The highest BCUT2D eigenvalue weighted by atomic mass is 19.4. The van der Waals surface area contributed by atoms with E-state index in [4.69, 9.17) is 0 Å². The van der Waals surface area contributed by atoms with Crippen molar-refractivity contribution in [3.05, 3.63) is 35.4 Å². The molecule has 0 aromatic heterocycles. The maximum atomic E-state index is 13.3. The Morgan fingerprint density at radius 1 is 1.00 bits per heavy atom. The molecule has 1 atom stereocenters. The lowest BCUT2D eigenvalue weighted by atomic mass is 9.94. The Morgan fingerprint density at radius 2 is 1.55 bits per heavy atom. The number of carbonyl (C=O) groups is 2. The van der Waals surface area contributed by atoms with Gasteiger partial charge in [-0.2, -0.15) is 13.2 Å². The van der Waals surface area contributed by atoms with Gasteiger partial charge < -0.3 is 9.80 Å². The van der Waals surface area contributed by atoms with E-state index >= 15 is 0 Å². The van der Waals surface area contributed by atoms with Crippen LogP contribution >= 0.6 is 0 Å². The van der Waals surface area contributed by atoms with Crippen LogP contribution in [-0.4, -0.2) is 71.8 Å². The molecule has 1 saturated heterocycles. The third kappa shape index (κ3) is 5.40. The van der Waals surface area contributed by atoms with E-state index in [1.165, 1.54) is 12.1 Å². The largest absolute Gasteiger partial charge is 0.416 e. The van der Waals surface area contributed by atoms with Crippen molar-refractivity contribution in [1.29, 1.82) is 0 Å². The van der Waals surface area contributed by atoms with Crippen molar-refractivity contribution in [2.45, 2.75) is 51.7 Å². The van der Waals surface area contributed by atoms with Crippen LogP contribution in [0.3, 0.4) is 0 Å². The zero-order valence-electron chi connectivity index (χ0n) is 18.3. The Hall–Kier alpha value is -2.09. The van der Waals surface area contributed by atoms with Crippen LogP contribution in [0.4, 0.5) is 13.2 Å². The van der Waals surface area contributed by atoms with Gasteiger partial charge in [0.15, 0.2) is 0 Å². The van der Waals surface area contributed by atoms with Crippen molar-refractivity contribution >= 4 is 11.8 Å². The first kappa shape index (κ1) is 23.6. The molecule has 1 aliphatic carbocycles. The Bertz CT molecular complexity index is 748. The van der Waals surface area contributed by atoms with Crippen LogP contribution in [0.15, 0.2) is 24.3 Å². The summed E-state index contributed by atoms with van der Waals surface area (Å²) in [5.41, 5.74) is -0.504. The van der Waals surface area contributed by atoms with E-state index in [0.717, 1.165) is 37.8 Å². The Kier molecular flexibility index (Phi) is 7.62. The van der Waals surface area contributed by atoms with Crippen molar-refractivity contribution in [1.82, 2.24) is 14.7 Å². The molecule has 0 N–H and O–H groups in total. The molecule has 0 unspecified atom stereocenters. The normalized spacial score (nSPS) is 19.5. The van der Waals surface area contributed by atoms with Gasteiger partial charge in [-0.25, -0.2) is 0 Å². The smallest absolute Gasteiger partial charge is 0.342 e. The van der Waals surface area contributed by atoms with Gasteiger partial charge in [-0.1, -0.05) is 12.8 Å². The fourth-order valence-corrected chi connectivity index (χ4v) is 4.84. The highest BCUT2D eigenvalue weighted by Gasteiger charge is 2.39. The van der Waals surface area contributed by atoms with E-state index in [-0.39, 0.29) is 23.4 Å². The van der Waals surface area contributed by atoms with Crippen molar-refractivity contribution in [3.63, 3.8) is 0 Å². The number of hydrogen-bond acceptors (Lipinski definition) is 3. The summed E-state index contributed by atoms with van der Waals surface area (Å²) >= 11 is 0. The number of carbonyl (C=O) groups excluding carboxylic acids is 2. The third-order valence-electron chi connectivity index (χ3n) is 6.63. The molecule has 0 bridgehead atoms. The Morgan fingerprint density at radius 3 is 2.03 bits per heavy atom. The number of nitrogens with zero attached hydrogens (tertiary/aromatic N) is 3. The van der Waals surface area contributed by atoms with Gasteiger partial charge >= 0.3 is 6.18 Å². The molecule has 0 radical (unpaired) electrons. The Labute approximate surface area is 182 Å². The minimum absolute atomic E-state index is 0.147. The first-order valence-electron chi connectivity index (χ1n) is 11.3. The van der Waals surface area contributed by atoms with Gasteiger partial charge in [0.25, 0.3) is 5.91 Å². The first-order chi connectivity index (χ1) is 14.8.